The molecule has 0 aliphatic rings. The SMILES string of the molecule is C=CCOc1ccccc1OCC(C)C. The molecule has 2 heteroatoms. The number of hydrogen-bond acceptors (Lipinski definition) is 2. The van der Waals surface area contributed by atoms with Gasteiger partial charge in [0.05, 0.1) is 6.61 Å². The van der Waals surface area contributed by atoms with Crippen LogP contribution in [0.15, 0.2) is 36.9 Å². The summed E-state index contributed by atoms with van der Waals surface area (Å²) in [5.74, 6) is 2.09. The van der Waals surface area contributed by atoms with Crippen LogP contribution in [0.5, 0.6) is 11.5 Å². The zero-order chi connectivity index (χ0) is 11.1. The van der Waals surface area contributed by atoms with Crippen molar-refractivity contribution in [2.24, 2.45) is 5.92 Å². The largest absolute Gasteiger partial charge is 0.489 e. The van der Waals surface area contributed by atoms with Crippen LogP contribution >= 0.6 is 0 Å². The highest BCUT2D eigenvalue weighted by Gasteiger charge is 2.03. The molecular formula is C13H18O2. The first-order valence-corrected chi connectivity index (χ1v) is 5.19. The second-order valence-electron chi connectivity index (χ2n) is 3.75. The Kier molecular flexibility index (Phi) is 4.75. The zero-order valence-corrected chi connectivity index (χ0v) is 9.40. The minimum atomic E-state index is 0.502. The van der Waals surface area contributed by atoms with Crippen molar-refractivity contribution in [2.75, 3.05) is 13.2 Å². The highest BCUT2D eigenvalue weighted by Crippen LogP contribution is 2.26. The summed E-state index contributed by atoms with van der Waals surface area (Å²) in [6, 6.07) is 7.69. The molecule has 1 aromatic carbocycles. The smallest absolute Gasteiger partial charge is 0.161 e. The normalized spacial score (nSPS) is 10.1. The van der Waals surface area contributed by atoms with Gasteiger partial charge >= 0.3 is 0 Å². The Balaban J connectivity index is 2.63. The fourth-order valence-electron chi connectivity index (χ4n) is 1.09. The van der Waals surface area contributed by atoms with Gasteiger partial charge in [0.2, 0.25) is 0 Å². The molecule has 0 saturated heterocycles. The topological polar surface area (TPSA) is 18.5 Å². The Hall–Kier alpha value is -1.44. The van der Waals surface area contributed by atoms with Crippen LogP contribution < -0.4 is 9.47 Å². The lowest BCUT2D eigenvalue weighted by Gasteiger charge is -2.12. The molecule has 1 aromatic rings. The summed E-state index contributed by atoms with van der Waals surface area (Å²) < 4.78 is 11.1. The summed E-state index contributed by atoms with van der Waals surface area (Å²) in [5.41, 5.74) is 0. The quantitative estimate of drug-likeness (QED) is 0.665. The van der Waals surface area contributed by atoms with E-state index < -0.39 is 0 Å². The maximum Gasteiger partial charge on any atom is 0.161 e. The van der Waals surface area contributed by atoms with E-state index in [1.54, 1.807) is 6.08 Å². The van der Waals surface area contributed by atoms with Crippen molar-refractivity contribution in [2.45, 2.75) is 13.8 Å². The maximum atomic E-state index is 5.64. The van der Waals surface area contributed by atoms with Crippen LogP contribution in [0.4, 0.5) is 0 Å². The maximum absolute atomic E-state index is 5.64. The highest BCUT2D eigenvalue weighted by molar-refractivity contribution is 5.39. The predicted octanol–water partition coefficient (Wildman–Crippen LogP) is 3.29. The van der Waals surface area contributed by atoms with Crippen LogP contribution in [0, 0.1) is 5.92 Å². The van der Waals surface area contributed by atoms with E-state index in [0.29, 0.717) is 19.1 Å². The van der Waals surface area contributed by atoms with Crippen LogP contribution in [0.1, 0.15) is 13.8 Å². The van der Waals surface area contributed by atoms with E-state index in [0.717, 1.165) is 11.5 Å². The predicted molar refractivity (Wildman–Crippen MR) is 62.5 cm³/mol. The summed E-state index contributed by atoms with van der Waals surface area (Å²) in [4.78, 5) is 0. The van der Waals surface area contributed by atoms with Gasteiger partial charge in [0.1, 0.15) is 6.61 Å². The van der Waals surface area contributed by atoms with Crippen LogP contribution in [0.2, 0.25) is 0 Å². The minimum Gasteiger partial charge on any atom is -0.489 e. The Morgan fingerprint density at radius 3 is 2.33 bits per heavy atom. The number of hydrogen-bond donors (Lipinski definition) is 0. The molecule has 0 spiro atoms. The average molecular weight is 206 g/mol. The van der Waals surface area contributed by atoms with Gasteiger partial charge in [-0.2, -0.15) is 0 Å². The Labute approximate surface area is 91.5 Å². The third kappa shape index (κ3) is 4.07. The van der Waals surface area contributed by atoms with Crippen LogP contribution in [0.25, 0.3) is 0 Å². The van der Waals surface area contributed by atoms with E-state index >= 15 is 0 Å². The summed E-state index contributed by atoms with van der Waals surface area (Å²) in [5, 5.41) is 0. The first-order valence-electron chi connectivity index (χ1n) is 5.19. The van der Waals surface area contributed by atoms with E-state index in [2.05, 4.69) is 20.4 Å². The Bertz CT molecular complexity index is 305. The molecule has 0 N–H and O–H groups in total. The van der Waals surface area contributed by atoms with Crippen molar-refractivity contribution >= 4 is 0 Å². The first-order chi connectivity index (χ1) is 7.24. The first kappa shape index (κ1) is 11.6. The number of ether oxygens (including phenoxy) is 2. The van der Waals surface area contributed by atoms with Crippen LogP contribution in [-0.4, -0.2) is 13.2 Å². The number of rotatable bonds is 6. The van der Waals surface area contributed by atoms with Crippen molar-refractivity contribution in [1.29, 1.82) is 0 Å². The van der Waals surface area contributed by atoms with E-state index in [4.69, 9.17) is 9.47 Å². The van der Waals surface area contributed by atoms with Gasteiger partial charge in [-0.3, -0.25) is 0 Å². The van der Waals surface area contributed by atoms with Crippen molar-refractivity contribution in [3.05, 3.63) is 36.9 Å². The van der Waals surface area contributed by atoms with E-state index in [-0.39, 0.29) is 0 Å². The average Bonchev–Trinajstić information content (AvgIpc) is 2.24. The van der Waals surface area contributed by atoms with Gasteiger partial charge in [0.15, 0.2) is 11.5 Å². The van der Waals surface area contributed by atoms with Crippen LogP contribution in [-0.2, 0) is 0 Å². The second-order valence-corrected chi connectivity index (χ2v) is 3.75. The van der Waals surface area contributed by atoms with Crippen molar-refractivity contribution in [3.63, 3.8) is 0 Å². The molecule has 2 nitrogen and oxygen atoms in total. The molecule has 0 saturated carbocycles. The molecule has 15 heavy (non-hydrogen) atoms. The molecule has 0 atom stereocenters. The van der Waals surface area contributed by atoms with E-state index in [1.165, 1.54) is 0 Å². The lowest BCUT2D eigenvalue weighted by atomic mass is 10.2. The molecule has 0 heterocycles. The molecule has 82 valence electrons. The zero-order valence-electron chi connectivity index (χ0n) is 9.40. The van der Waals surface area contributed by atoms with Gasteiger partial charge in [-0.05, 0) is 18.1 Å². The molecule has 0 unspecified atom stereocenters. The molecule has 0 aliphatic carbocycles. The van der Waals surface area contributed by atoms with E-state index in [1.807, 2.05) is 24.3 Å². The van der Waals surface area contributed by atoms with Crippen molar-refractivity contribution in [3.8, 4) is 11.5 Å². The van der Waals surface area contributed by atoms with Gasteiger partial charge < -0.3 is 9.47 Å². The lowest BCUT2D eigenvalue weighted by Crippen LogP contribution is -2.06. The molecule has 0 radical (unpaired) electrons. The van der Waals surface area contributed by atoms with Gasteiger partial charge in [-0.15, -0.1) is 0 Å². The molecule has 1 rings (SSSR count). The Morgan fingerprint density at radius 2 is 1.80 bits per heavy atom. The third-order valence-electron chi connectivity index (χ3n) is 1.78. The third-order valence-corrected chi connectivity index (χ3v) is 1.78. The summed E-state index contributed by atoms with van der Waals surface area (Å²) in [6.45, 7) is 9.06. The Morgan fingerprint density at radius 1 is 1.20 bits per heavy atom. The van der Waals surface area contributed by atoms with Gasteiger partial charge in [-0.1, -0.05) is 38.6 Å². The fourth-order valence-corrected chi connectivity index (χ4v) is 1.09. The van der Waals surface area contributed by atoms with Gasteiger partial charge in [0, 0.05) is 0 Å². The van der Waals surface area contributed by atoms with Crippen molar-refractivity contribution < 1.29 is 9.47 Å². The number of benzene rings is 1. The summed E-state index contributed by atoms with van der Waals surface area (Å²) in [6.07, 6.45) is 1.72. The minimum absolute atomic E-state index is 0.502. The standard InChI is InChI=1S/C13H18O2/c1-4-9-14-12-7-5-6-8-13(12)15-10-11(2)3/h4-8,11H,1,9-10H2,2-3H3. The fraction of sp³-hybridized carbons (Fsp3) is 0.385. The molecule has 0 bridgehead atoms. The monoisotopic (exact) mass is 206 g/mol. The van der Waals surface area contributed by atoms with E-state index in [9.17, 15) is 0 Å². The summed E-state index contributed by atoms with van der Waals surface area (Å²) >= 11 is 0. The van der Waals surface area contributed by atoms with Crippen molar-refractivity contribution in [1.82, 2.24) is 0 Å². The van der Waals surface area contributed by atoms with Gasteiger partial charge in [-0.25, -0.2) is 0 Å². The lowest BCUT2D eigenvalue weighted by molar-refractivity contribution is 0.251. The highest BCUT2D eigenvalue weighted by atomic mass is 16.5. The molecule has 0 aromatic heterocycles. The molecule has 0 amide bonds. The molecule has 0 aliphatic heterocycles. The van der Waals surface area contributed by atoms with Crippen LogP contribution in [0.3, 0.4) is 0 Å². The molecular weight excluding hydrogens is 188 g/mol. The summed E-state index contributed by atoms with van der Waals surface area (Å²) in [7, 11) is 0. The van der Waals surface area contributed by atoms with Gasteiger partial charge in [0.25, 0.3) is 0 Å². The molecule has 0 fully saturated rings. The second kappa shape index (κ2) is 6.12. The number of para-hydroxylation sites is 2.